The Morgan fingerprint density at radius 1 is 1.14 bits per heavy atom. The standard InChI is InChI=1S/C28H27FN10O3/c1-37(27(41)38-16-31-14-35-38)13-28(9-10-28)39-25-22(24(30)33-15-34-25)23(36-39)18-5-3-17(4-6-18)12-32-26(40)20-11-19(29)7-8-21(20)42-2/h3-8,11,14-16H,9-10,12-13H2,1-2H3,(H,32,40)(H2,30,33,34). The van der Waals surface area contributed by atoms with Gasteiger partial charge in [-0.2, -0.15) is 14.9 Å². The third-order valence-electron chi connectivity index (χ3n) is 7.33. The molecule has 1 aliphatic rings. The zero-order valence-electron chi connectivity index (χ0n) is 22.9. The van der Waals surface area contributed by atoms with Gasteiger partial charge in [0.2, 0.25) is 0 Å². The Bertz CT molecular complexity index is 1780. The summed E-state index contributed by atoms with van der Waals surface area (Å²) in [4.78, 5) is 39.6. The maximum Gasteiger partial charge on any atom is 0.345 e. The van der Waals surface area contributed by atoms with E-state index in [1.807, 2.05) is 28.9 Å². The van der Waals surface area contributed by atoms with Crippen LogP contribution in [0.25, 0.3) is 22.3 Å². The molecule has 6 rings (SSSR count). The normalized spacial score (nSPS) is 13.6. The minimum absolute atomic E-state index is 0.115. The van der Waals surface area contributed by atoms with Crippen LogP contribution in [0.1, 0.15) is 28.8 Å². The van der Waals surface area contributed by atoms with E-state index in [0.29, 0.717) is 29.1 Å². The smallest absolute Gasteiger partial charge is 0.345 e. The van der Waals surface area contributed by atoms with Gasteiger partial charge >= 0.3 is 6.03 Å². The third-order valence-corrected chi connectivity index (χ3v) is 7.33. The van der Waals surface area contributed by atoms with Crippen LogP contribution in [-0.4, -0.2) is 72.1 Å². The average Bonchev–Trinajstić information content (AvgIpc) is 3.38. The first-order chi connectivity index (χ1) is 20.3. The molecule has 0 atom stereocenters. The number of nitrogens with one attached hydrogen (secondary N) is 1. The van der Waals surface area contributed by atoms with Crippen LogP contribution in [0.5, 0.6) is 5.75 Å². The number of nitrogen functional groups attached to an aromatic ring is 1. The van der Waals surface area contributed by atoms with Crippen molar-refractivity contribution in [2.24, 2.45) is 0 Å². The first-order valence-electron chi connectivity index (χ1n) is 13.1. The van der Waals surface area contributed by atoms with Crippen LogP contribution in [0, 0.1) is 5.82 Å². The molecule has 1 aliphatic carbocycles. The van der Waals surface area contributed by atoms with E-state index in [0.717, 1.165) is 30.0 Å². The van der Waals surface area contributed by atoms with E-state index in [4.69, 9.17) is 15.6 Å². The van der Waals surface area contributed by atoms with Crippen molar-refractivity contribution in [1.82, 2.24) is 44.7 Å². The molecule has 3 heterocycles. The number of likely N-dealkylation sites (N-methyl/N-ethyl adjacent to an activating group) is 1. The molecule has 2 amide bonds. The van der Waals surface area contributed by atoms with Gasteiger partial charge in [0, 0.05) is 25.7 Å². The number of halogens is 1. The van der Waals surface area contributed by atoms with Crippen molar-refractivity contribution < 1.29 is 18.7 Å². The van der Waals surface area contributed by atoms with Gasteiger partial charge in [-0.1, -0.05) is 24.3 Å². The summed E-state index contributed by atoms with van der Waals surface area (Å²) in [7, 11) is 3.13. The van der Waals surface area contributed by atoms with Crippen LogP contribution in [0.3, 0.4) is 0 Å². The second-order valence-corrected chi connectivity index (χ2v) is 10.1. The fourth-order valence-electron chi connectivity index (χ4n) is 5.00. The van der Waals surface area contributed by atoms with Crippen molar-refractivity contribution in [2.75, 3.05) is 26.4 Å². The van der Waals surface area contributed by atoms with Crippen LogP contribution in [0.15, 0.2) is 61.4 Å². The summed E-state index contributed by atoms with van der Waals surface area (Å²) < 4.78 is 21.9. The highest BCUT2D eigenvalue weighted by atomic mass is 19.1. The number of carbonyl (C=O) groups is 2. The summed E-state index contributed by atoms with van der Waals surface area (Å²) >= 11 is 0. The topological polar surface area (TPSA) is 159 Å². The monoisotopic (exact) mass is 570 g/mol. The fraction of sp³-hybridized carbons (Fsp3) is 0.250. The average molecular weight is 571 g/mol. The van der Waals surface area contributed by atoms with E-state index < -0.39 is 17.3 Å². The van der Waals surface area contributed by atoms with Crippen molar-refractivity contribution >= 4 is 28.8 Å². The maximum atomic E-state index is 13.7. The van der Waals surface area contributed by atoms with E-state index in [2.05, 4.69) is 25.4 Å². The van der Waals surface area contributed by atoms with E-state index in [1.54, 1.807) is 11.9 Å². The van der Waals surface area contributed by atoms with Crippen LogP contribution < -0.4 is 15.8 Å². The molecule has 1 saturated carbocycles. The van der Waals surface area contributed by atoms with Gasteiger partial charge in [0.1, 0.15) is 42.1 Å². The van der Waals surface area contributed by atoms with E-state index >= 15 is 0 Å². The second kappa shape index (κ2) is 10.5. The van der Waals surface area contributed by atoms with Crippen molar-refractivity contribution in [3.8, 4) is 17.0 Å². The lowest BCUT2D eigenvalue weighted by molar-refractivity contribution is 0.0947. The van der Waals surface area contributed by atoms with Crippen LogP contribution in [0.4, 0.5) is 15.0 Å². The van der Waals surface area contributed by atoms with Gasteiger partial charge < -0.3 is 20.7 Å². The highest BCUT2D eigenvalue weighted by molar-refractivity contribution is 5.98. The Morgan fingerprint density at radius 3 is 2.62 bits per heavy atom. The number of carbonyl (C=O) groups excluding carboxylic acids is 2. The number of aromatic nitrogens is 7. The number of methoxy groups -OCH3 is 1. The van der Waals surface area contributed by atoms with Gasteiger partial charge in [-0.3, -0.25) is 4.79 Å². The van der Waals surface area contributed by atoms with Crippen molar-refractivity contribution in [1.29, 1.82) is 0 Å². The van der Waals surface area contributed by atoms with Gasteiger partial charge in [-0.15, -0.1) is 0 Å². The lowest BCUT2D eigenvalue weighted by Gasteiger charge is -2.24. The molecule has 1 fully saturated rings. The number of benzene rings is 2. The molecular formula is C28H27FN10O3. The zero-order chi connectivity index (χ0) is 29.4. The molecule has 3 N–H and O–H groups in total. The Balaban J connectivity index is 1.24. The summed E-state index contributed by atoms with van der Waals surface area (Å²) in [5.41, 5.74) is 8.77. The molecule has 0 radical (unpaired) electrons. The molecule has 3 aromatic heterocycles. The molecule has 0 spiro atoms. The van der Waals surface area contributed by atoms with E-state index in [9.17, 15) is 14.0 Å². The third kappa shape index (κ3) is 4.87. The van der Waals surface area contributed by atoms with E-state index in [1.165, 1.54) is 42.9 Å². The summed E-state index contributed by atoms with van der Waals surface area (Å²) in [6.45, 7) is 0.606. The molecular weight excluding hydrogens is 543 g/mol. The number of hydrogen-bond donors (Lipinski definition) is 2. The van der Waals surface area contributed by atoms with Crippen LogP contribution >= 0.6 is 0 Å². The molecule has 0 bridgehead atoms. The van der Waals surface area contributed by atoms with Gasteiger partial charge in [-0.05, 0) is 36.6 Å². The number of amides is 2. The lowest BCUT2D eigenvalue weighted by Crippen LogP contribution is -2.40. The fourth-order valence-corrected chi connectivity index (χ4v) is 5.00. The number of hydrogen-bond acceptors (Lipinski definition) is 9. The zero-order valence-corrected chi connectivity index (χ0v) is 22.9. The molecule has 0 unspecified atom stereocenters. The van der Waals surface area contributed by atoms with Crippen LogP contribution in [-0.2, 0) is 12.1 Å². The first kappa shape index (κ1) is 26.8. The molecule has 13 nitrogen and oxygen atoms in total. The molecule has 2 aromatic carbocycles. The second-order valence-electron chi connectivity index (χ2n) is 10.1. The number of fused-ring (bicyclic) bond motifs is 1. The van der Waals surface area contributed by atoms with Gasteiger partial charge in [0.25, 0.3) is 5.91 Å². The first-order valence-corrected chi connectivity index (χ1v) is 13.1. The number of nitrogens with two attached hydrogens (primary N) is 1. The number of ether oxygens (including phenoxy) is 1. The summed E-state index contributed by atoms with van der Waals surface area (Å²) in [5, 5.41) is 12.3. The SMILES string of the molecule is COc1ccc(F)cc1C(=O)NCc1ccc(-c2nn(C3(CN(C)C(=O)n4cncn4)CC3)c3ncnc(N)c23)cc1. The highest BCUT2D eigenvalue weighted by Gasteiger charge is 2.49. The number of nitrogens with zero attached hydrogens (tertiary/aromatic N) is 8. The van der Waals surface area contributed by atoms with Gasteiger partial charge in [0.15, 0.2) is 5.65 Å². The maximum absolute atomic E-state index is 13.7. The van der Waals surface area contributed by atoms with Crippen molar-refractivity contribution in [3.63, 3.8) is 0 Å². The summed E-state index contributed by atoms with van der Waals surface area (Å²) in [6.07, 6.45) is 5.68. The predicted octanol–water partition coefficient (Wildman–Crippen LogP) is 2.83. The predicted molar refractivity (Wildman–Crippen MR) is 150 cm³/mol. The Morgan fingerprint density at radius 2 is 1.93 bits per heavy atom. The Kier molecular flexibility index (Phi) is 6.72. The molecule has 0 aliphatic heterocycles. The Hall–Kier alpha value is -5.40. The molecule has 5 aromatic rings. The quantitative estimate of drug-likeness (QED) is 0.286. The Labute approximate surface area is 239 Å². The highest BCUT2D eigenvalue weighted by Crippen LogP contribution is 2.46. The number of anilines is 1. The number of rotatable bonds is 8. The molecule has 0 saturated heterocycles. The summed E-state index contributed by atoms with van der Waals surface area (Å²) in [5.74, 6) is -0.396. The minimum Gasteiger partial charge on any atom is -0.496 e. The lowest BCUT2D eigenvalue weighted by atomic mass is 10.1. The van der Waals surface area contributed by atoms with Crippen molar-refractivity contribution in [3.05, 3.63) is 78.4 Å². The summed E-state index contributed by atoms with van der Waals surface area (Å²) in [6, 6.07) is 11.0. The van der Waals surface area contributed by atoms with Gasteiger partial charge in [0.05, 0.1) is 23.6 Å². The van der Waals surface area contributed by atoms with E-state index in [-0.39, 0.29) is 23.9 Å². The largest absolute Gasteiger partial charge is 0.496 e. The molecule has 214 valence electrons. The van der Waals surface area contributed by atoms with Crippen LogP contribution in [0.2, 0.25) is 0 Å². The molecule has 14 heteroatoms. The minimum atomic E-state index is -0.526. The molecule has 42 heavy (non-hydrogen) atoms. The van der Waals surface area contributed by atoms with Crippen molar-refractivity contribution in [2.45, 2.75) is 24.9 Å². The van der Waals surface area contributed by atoms with Gasteiger partial charge in [-0.25, -0.2) is 28.8 Å².